The number of hydrogen-bond acceptors (Lipinski definition) is 5. The van der Waals surface area contributed by atoms with Gasteiger partial charge in [0.05, 0.1) is 12.6 Å². The van der Waals surface area contributed by atoms with Gasteiger partial charge in [0.1, 0.15) is 5.82 Å². The molecule has 2 heterocycles. The van der Waals surface area contributed by atoms with E-state index in [1.165, 1.54) is 43.2 Å². The number of aliphatic hydroxyl groups excluding tert-OH is 1. The molecule has 5 nitrogen and oxygen atoms in total. The zero-order chi connectivity index (χ0) is 20.9. The van der Waals surface area contributed by atoms with Crippen molar-refractivity contribution < 1.29 is 9.50 Å². The molecule has 0 spiro atoms. The summed E-state index contributed by atoms with van der Waals surface area (Å²) < 4.78 is 15.4. The van der Waals surface area contributed by atoms with Gasteiger partial charge in [-0.2, -0.15) is 0 Å². The van der Waals surface area contributed by atoms with E-state index in [9.17, 15) is 9.50 Å². The molecule has 0 unspecified atom stereocenters. The SMILES string of the molecule is O[C@@H](CSc1nnc(CN2CCCCC2)n1-c1ccc(F)cc1)c1ccc(Cl)cc1. The molecule has 1 aliphatic heterocycles. The van der Waals surface area contributed by atoms with E-state index in [1.54, 1.807) is 24.3 Å². The number of nitrogens with zero attached hydrogens (tertiary/aromatic N) is 4. The minimum absolute atomic E-state index is 0.281. The van der Waals surface area contributed by atoms with Crippen LogP contribution in [0.25, 0.3) is 5.69 Å². The molecule has 3 aromatic rings. The number of piperidine rings is 1. The summed E-state index contributed by atoms with van der Waals surface area (Å²) in [5.41, 5.74) is 1.62. The number of hydrogen-bond donors (Lipinski definition) is 1. The molecule has 1 aromatic heterocycles. The van der Waals surface area contributed by atoms with Gasteiger partial charge in [0, 0.05) is 16.5 Å². The van der Waals surface area contributed by atoms with Crippen LogP contribution in [0.3, 0.4) is 0 Å². The van der Waals surface area contributed by atoms with E-state index < -0.39 is 6.10 Å². The first-order chi connectivity index (χ1) is 14.6. The minimum atomic E-state index is -0.656. The van der Waals surface area contributed by atoms with Gasteiger partial charge in [-0.25, -0.2) is 4.39 Å². The summed E-state index contributed by atoms with van der Waals surface area (Å²) in [4.78, 5) is 2.38. The van der Waals surface area contributed by atoms with Crippen molar-refractivity contribution in [3.8, 4) is 5.69 Å². The van der Waals surface area contributed by atoms with E-state index >= 15 is 0 Å². The van der Waals surface area contributed by atoms with Crippen molar-refractivity contribution in [2.45, 2.75) is 37.1 Å². The number of aliphatic hydroxyl groups is 1. The molecule has 1 atom stereocenters. The number of halogens is 2. The summed E-state index contributed by atoms with van der Waals surface area (Å²) in [6.07, 6.45) is 3.00. The van der Waals surface area contributed by atoms with Gasteiger partial charge in [0.2, 0.25) is 0 Å². The summed E-state index contributed by atoms with van der Waals surface area (Å²) in [6.45, 7) is 2.80. The van der Waals surface area contributed by atoms with Crippen molar-refractivity contribution in [3.05, 3.63) is 70.8 Å². The van der Waals surface area contributed by atoms with Gasteiger partial charge in [-0.15, -0.1) is 10.2 Å². The standard InChI is InChI=1S/C22H24ClFN4OS/c23-17-6-4-16(5-7-17)20(29)15-30-22-26-25-21(14-27-12-2-1-3-13-27)28(22)19-10-8-18(24)9-11-19/h4-11,20,29H,1-3,12-15H2/t20-/m0/s1. The summed E-state index contributed by atoms with van der Waals surface area (Å²) in [7, 11) is 0. The lowest BCUT2D eigenvalue weighted by atomic mass is 10.1. The van der Waals surface area contributed by atoms with Crippen LogP contribution in [0.4, 0.5) is 4.39 Å². The molecule has 1 N–H and O–H groups in total. The van der Waals surface area contributed by atoms with Gasteiger partial charge in [-0.1, -0.05) is 41.9 Å². The second-order valence-corrected chi connectivity index (χ2v) is 8.85. The van der Waals surface area contributed by atoms with Crippen molar-refractivity contribution in [2.24, 2.45) is 0 Å². The Morgan fingerprint density at radius 2 is 1.70 bits per heavy atom. The molecular weight excluding hydrogens is 423 g/mol. The van der Waals surface area contributed by atoms with Crippen molar-refractivity contribution in [1.82, 2.24) is 19.7 Å². The maximum Gasteiger partial charge on any atom is 0.195 e. The predicted molar refractivity (Wildman–Crippen MR) is 118 cm³/mol. The summed E-state index contributed by atoms with van der Waals surface area (Å²) in [5, 5.41) is 20.7. The first-order valence-electron chi connectivity index (χ1n) is 10.1. The van der Waals surface area contributed by atoms with Crippen LogP contribution in [0.2, 0.25) is 5.02 Å². The largest absolute Gasteiger partial charge is 0.388 e. The summed E-state index contributed by atoms with van der Waals surface area (Å²) in [6, 6.07) is 13.5. The zero-order valence-electron chi connectivity index (χ0n) is 16.5. The lowest BCUT2D eigenvalue weighted by Crippen LogP contribution is -2.30. The number of aromatic nitrogens is 3. The minimum Gasteiger partial charge on any atom is -0.388 e. The van der Waals surface area contributed by atoms with E-state index in [2.05, 4.69) is 15.1 Å². The third kappa shape index (κ3) is 5.21. The fraction of sp³-hybridized carbons (Fsp3) is 0.364. The van der Waals surface area contributed by atoms with E-state index in [-0.39, 0.29) is 5.82 Å². The average molecular weight is 447 g/mol. The third-order valence-electron chi connectivity index (χ3n) is 5.22. The Bertz CT molecular complexity index is 958. The predicted octanol–water partition coefficient (Wildman–Crippen LogP) is 4.87. The molecule has 1 saturated heterocycles. The normalized spacial score (nSPS) is 16.0. The first-order valence-corrected chi connectivity index (χ1v) is 11.5. The second-order valence-electron chi connectivity index (χ2n) is 7.43. The summed E-state index contributed by atoms with van der Waals surface area (Å²) >= 11 is 7.36. The maximum absolute atomic E-state index is 13.5. The molecule has 30 heavy (non-hydrogen) atoms. The first kappa shape index (κ1) is 21.3. The van der Waals surface area contributed by atoms with Crippen LogP contribution in [0.1, 0.15) is 36.8 Å². The third-order valence-corrected chi connectivity index (χ3v) is 6.48. The van der Waals surface area contributed by atoms with Crippen LogP contribution in [-0.4, -0.2) is 43.6 Å². The highest BCUT2D eigenvalue weighted by molar-refractivity contribution is 7.99. The molecule has 0 bridgehead atoms. The Hall–Kier alpha value is -1.93. The monoisotopic (exact) mass is 446 g/mol. The number of benzene rings is 2. The molecule has 8 heteroatoms. The van der Waals surface area contributed by atoms with Crippen LogP contribution in [-0.2, 0) is 6.54 Å². The van der Waals surface area contributed by atoms with Crippen LogP contribution in [0.15, 0.2) is 53.7 Å². The van der Waals surface area contributed by atoms with E-state index in [0.717, 1.165) is 30.2 Å². The van der Waals surface area contributed by atoms with Crippen LogP contribution in [0, 0.1) is 5.82 Å². The van der Waals surface area contributed by atoms with Crippen molar-refractivity contribution in [2.75, 3.05) is 18.8 Å². The van der Waals surface area contributed by atoms with E-state index in [4.69, 9.17) is 11.6 Å². The van der Waals surface area contributed by atoms with Crippen molar-refractivity contribution in [3.63, 3.8) is 0 Å². The highest BCUT2D eigenvalue weighted by Crippen LogP contribution is 2.28. The summed E-state index contributed by atoms with van der Waals surface area (Å²) in [5.74, 6) is 0.966. The fourth-order valence-corrected chi connectivity index (χ4v) is 4.66. The van der Waals surface area contributed by atoms with Crippen LogP contribution in [0.5, 0.6) is 0 Å². The van der Waals surface area contributed by atoms with Crippen molar-refractivity contribution in [1.29, 1.82) is 0 Å². The molecule has 0 saturated carbocycles. The topological polar surface area (TPSA) is 54.2 Å². The van der Waals surface area contributed by atoms with Gasteiger partial charge in [0.25, 0.3) is 0 Å². The molecule has 2 aromatic carbocycles. The highest BCUT2D eigenvalue weighted by atomic mass is 35.5. The van der Waals surface area contributed by atoms with Gasteiger partial charge in [-0.05, 0) is 67.9 Å². The Morgan fingerprint density at radius 1 is 1.00 bits per heavy atom. The van der Waals surface area contributed by atoms with Crippen LogP contribution >= 0.6 is 23.4 Å². The molecular formula is C22H24ClFN4OS. The molecule has 1 aliphatic rings. The van der Waals surface area contributed by atoms with Gasteiger partial charge in [-0.3, -0.25) is 9.47 Å². The lowest BCUT2D eigenvalue weighted by Gasteiger charge is -2.26. The van der Waals surface area contributed by atoms with E-state index in [0.29, 0.717) is 22.5 Å². The maximum atomic E-state index is 13.5. The quantitative estimate of drug-likeness (QED) is 0.524. The molecule has 0 radical (unpaired) electrons. The highest BCUT2D eigenvalue weighted by Gasteiger charge is 2.20. The van der Waals surface area contributed by atoms with Gasteiger partial charge >= 0.3 is 0 Å². The molecule has 0 amide bonds. The number of thioether (sulfide) groups is 1. The molecule has 158 valence electrons. The number of rotatable bonds is 7. The average Bonchev–Trinajstić information content (AvgIpc) is 3.16. The zero-order valence-corrected chi connectivity index (χ0v) is 18.1. The number of likely N-dealkylation sites (tertiary alicyclic amines) is 1. The fourth-order valence-electron chi connectivity index (χ4n) is 3.60. The van der Waals surface area contributed by atoms with E-state index in [1.807, 2.05) is 16.7 Å². The Morgan fingerprint density at radius 3 is 2.40 bits per heavy atom. The Kier molecular flexibility index (Phi) is 7.04. The Balaban J connectivity index is 1.55. The van der Waals surface area contributed by atoms with Crippen LogP contribution < -0.4 is 0 Å². The molecule has 0 aliphatic carbocycles. The van der Waals surface area contributed by atoms with Gasteiger partial charge in [0.15, 0.2) is 11.0 Å². The lowest BCUT2D eigenvalue weighted by molar-refractivity contribution is 0.204. The molecule has 1 fully saturated rings. The van der Waals surface area contributed by atoms with Crippen molar-refractivity contribution >= 4 is 23.4 Å². The molecule has 4 rings (SSSR count). The van der Waals surface area contributed by atoms with Gasteiger partial charge < -0.3 is 5.11 Å². The second kappa shape index (κ2) is 9.92. The smallest absolute Gasteiger partial charge is 0.195 e. The Labute approximate surface area is 184 Å².